The van der Waals surface area contributed by atoms with Crippen molar-refractivity contribution in [1.29, 1.82) is 0 Å². The van der Waals surface area contributed by atoms with E-state index in [9.17, 15) is 13.2 Å². The molecule has 0 aromatic rings. The van der Waals surface area contributed by atoms with Gasteiger partial charge in [0.15, 0.2) is 0 Å². The lowest BCUT2D eigenvalue weighted by atomic mass is 9.47. The van der Waals surface area contributed by atoms with Gasteiger partial charge in [-0.05, 0) is 80.0 Å². The monoisotopic (exact) mass is 381 g/mol. The van der Waals surface area contributed by atoms with Crippen LogP contribution < -0.4 is 5.14 Å². The quantitative estimate of drug-likeness (QED) is 0.600. The minimum atomic E-state index is -3.89. The van der Waals surface area contributed by atoms with Gasteiger partial charge in [0.05, 0.1) is 6.10 Å². The van der Waals surface area contributed by atoms with E-state index < -0.39 is 10.3 Å². The summed E-state index contributed by atoms with van der Waals surface area (Å²) in [6.07, 6.45) is 11.2. The molecule has 0 radical (unpaired) electrons. The fourth-order valence-corrected chi connectivity index (χ4v) is 7.71. The van der Waals surface area contributed by atoms with Crippen molar-refractivity contribution in [3.8, 4) is 0 Å². The smallest absolute Gasteiger partial charge is 0.303 e. The van der Waals surface area contributed by atoms with Gasteiger partial charge < -0.3 is 4.79 Å². The summed E-state index contributed by atoms with van der Waals surface area (Å²) >= 11 is 0. The van der Waals surface area contributed by atoms with Gasteiger partial charge >= 0.3 is 10.3 Å². The Labute approximate surface area is 157 Å². The van der Waals surface area contributed by atoms with Gasteiger partial charge in [-0.1, -0.05) is 25.5 Å². The van der Waals surface area contributed by atoms with E-state index in [4.69, 9.17) is 9.32 Å². The minimum Gasteiger partial charge on any atom is -0.303 e. The van der Waals surface area contributed by atoms with Crippen molar-refractivity contribution in [2.24, 2.45) is 39.6 Å². The number of allylic oxidation sites excluding steroid dienone is 1. The number of carbonyl (C=O) groups excluding carboxylic acids is 1. The maximum atomic E-state index is 11.6. The average molecular weight is 382 g/mol. The Bertz CT molecular complexity index is 732. The van der Waals surface area contributed by atoms with Crippen LogP contribution in [0.3, 0.4) is 0 Å². The number of carbonyl (C=O) groups is 1. The third-order valence-electron chi connectivity index (χ3n) is 8.57. The second kappa shape index (κ2) is 6.14. The molecule has 7 atom stereocenters. The normalized spacial score (nSPS) is 48.1. The maximum Gasteiger partial charge on any atom is 0.333 e. The molecule has 5 nitrogen and oxygen atoms in total. The Morgan fingerprint density at radius 2 is 1.92 bits per heavy atom. The third kappa shape index (κ3) is 2.80. The summed E-state index contributed by atoms with van der Waals surface area (Å²) < 4.78 is 27.7. The third-order valence-corrected chi connectivity index (χ3v) is 9.11. The predicted molar refractivity (Wildman–Crippen MR) is 99.2 cm³/mol. The van der Waals surface area contributed by atoms with Crippen LogP contribution in [0.15, 0.2) is 11.6 Å². The number of nitrogens with two attached hydrogens (primary N) is 1. The summed E-state index contributed by atoms with van der Waals surface area (Å²) in [5.74, 6) is 2.17. The van der Waals surface area contributed by atoms with Gasteiger partial charge in [0.1, 0.15) is 6.29 Å². The molecular weight excluding hydrogens is 350 g/mol. The molecule has 0 aromatic carbocycles. The molecule has 0 spiro atoms. The zero-order valence-electron chi connectivity index (χ0n) is 15.8. The molecule has 0 heterocycles. The molecule has 3 saturated carbocycles. The van der Waals surface area contributed by atoms with E-state index in [2.05, 4.69) is 19.9 Å². The zero-order valence-corrected chi connectivity index (χ0v) is 16.6. The van der Waals surface area contributed by atoms with Crippen LogP contribution in [-0.2, 0) is 19.3 Å². The maximum absolute atomic E-state index is 11.6. The van der Waals surface area contributed by atoms with Crippen molar-refractivity contribution < 1.29 is 17.4 Å². The highest BCUT2D eigenvalue weighted by molar-refractivity contribution is 7.84. The standard InChI is InChI=1S/C20H31NO4S/c1-19-9-7-15(25-26(21,23)24)11-13(19)3-5-16-17-6-4-14(12-22)20(17,2)10-8-18(16)19/h3,12,14-18H,4-11H2,1-2H3,(H2,21,23,24)/t14-,15+,16+,17+,18+,19+,20-/m1/s1. The first-order valence-corrected chi connectivity index (χ1v) is 11.5. The molecule has 0 bridgehead atoms. The van der Waals surface area contributed by atoms with E-state index in [1.54, 1.807) is 0 Å². The highest BCUT2D eigenvalue weighted by atomic mass is 32.2. The molecule has 146 valence electrons. The van der Waals surface area contributed by atoms with Crippen LogP contribution in [0.5, 0.6) is 0 Å². The molecule has 2 N–H and O–H groups in total. The lowest BCUT2D eigenvalue weighted by Gasteiger charge is -2.57. The van der Waals surface area contributed by atoms with Crippen LogP contribution in [0, 0.1) is 34.5 Å². The van der Waals surface area contributed by atoms with E-state index in [-0.39, 0.29) is 22.9 Å². The molecule has 0 aliphatic heterocycles. The van der Waals surface area contributed by atoms with E-state index in [1.807, 2.05) is 0 Å². The van der Waals surface area contributed by atoms with Crippen LogP contribution in [0.25, 0.3) is 0 Å². The van der Waals surface area contributed by atoms with E-state index in [1.165, 1.54) is 24.7 Å². The van der Waals surface area contributed by atoms with Crippen molar-refractivity contribution in [2.45, 2.75) is 71.3 Å². The molecule has 0 saturated heterocycles. The molecule has 4 aliphatic rings. The molecule has 4 rings (SSSR count). The lowest BCUT2D eigenvalue weighted by Crippen LogP contribution is -2.50. The SMILES string of the molecule is C[C@]12CC[C@H]3[C@@H](CC=C4C[C@@H](OS(N)(=O)=O)CC[C@@]43C)[C@@H]1CC[C@@H]2C=O. The van der Waals surface area contributed by atoms with Gasteiger partial charge in [0.2, 0.25) is 0 Å². The number of rotatable bonds is 3. The Morgan fingerprint density at radius 1 is 1.15 bits per heavy atom. The molecule has 26 heavy (non-hydrogen) atoms. The van der Waals surface area contributed by atoms with Gasteiger partial charge in [0, 0.05) is 5.92 Å². The first-order chi connectivity index (χ1) is 12.2. The Balaban J connectivity index is 1.58. The van der Waals surface area contributed by atoms with Gasteiger partial charge in [-0.15, -0.1) is 0 Å². The van der Waals surface area contributed by atoms with Gasteiger partial charge in [-0.2, -0.15) is 8.42 Å². The van der Waals surface area contributed by atoms with Crippen LogP contribution in [0.2, 0.25) is 0 Å². The van der Waals surface area contributed by atoms with Gasteiger partial charge in [-0.25, -0.2) is 5.14 Å². The highest BCUT2D eigenvalue weighted by Crippen LogP contribution is 2.65. The van der Waals surface area contributed by atoms with Gasteiger partial charge in [0.25, 0.3) is 0 Å². The zero-order chi connectivity index (χ0) is 18.7. The Hall–Kier alpha value is -0.720. The van der Waals surface area contributed by atoms with Crippen LogP contribution in [-0.4, -0.2) is 20.8 Å². The molecule has 3 fully saturated rings. The fourth-order valence-electron chi connectivity index (χ4n) is 7.16. The van der Waals surface area contributed by atoms with Crippen LogP contribution in [0.1, 0.15) is 65.2 Å². The Kier molecular flexibility index (Phi) is 4.40. The highest BCUT2D eigenvalue weighted by Gasteiger charge is 2.58. The van der Waals surface area contributed by atoms with Crippen LogP contribution >= 0.6 is 0 Å². The second-order valence-electron chi connectivity index (χ2n) is 9.58. The first-order valence-electron chi connectivity index (χ1n) is 10.0. The summed E-state index contributed by atoms with van der Waals surface area (Å²) in [6, 6.07) is 0. The topological polar surface area (TPSA) is 86.5 Å². The van der Waals surface area contributed by atoms with Crippen LogP contribution in [0.4, 0.5) is 0 Å². The number of hydrogen-bond donors (Lipinski definition) is 1. The van der Waals surface area contributed by atoms with E-state index >= 15 is 0 Å². The summed E-state index contributed by atoms with van der Waals surface area (Å²) in [4.78, 5) is 11.6. The van der Waals surface area contributed by atoms with Crippen molar-refractivity contribution in [3.05, 3.63) is 11.6 Å². The van der Waals surface area contributed by atoms with E-state index in [0.717, 1.165) is 32.1 Å². The molecule has 0 amide bonds. The molecule has 0 unspecified atom stereocenters. The number of fused-ring (bicyclic) bond motifs is 5. The summed E-state index contributed by atoms with van der Waals surface area (Å²) in [6.45, 7) is 4.72. The fraction of sp³-hybridized carbons (Fsp3) is 0.850. The lowest BCUT2D eigenvalue weighted by molar-refractivity contribution is -0.117. The van der Waals surface area contributed by atoms with Crippen molar-refractivity contribution in [1.82, 2.24) is 0 Å². The van der Waals surface area contributed by atoms with Crippen molar-refractivity contribution in [2.75, 3.05) is 0 Å². The van der Waals surface area contributed by atoms with E-state index in [0.29, 0.717) is 24.2 Å². The summed E-state index contributed by atoms with van der Waals surface area (Å²) in [5, 5.41) is 5.07. The number of aldehydes is 1. The summed E-state index contributed by atoms with van der Waals surface area (Å²) in [5.41, 5.74) is 1.69. The molecule has 4 aliphatic carbocycles. The van der Waals surface area contributed by atoms with Crippen molar-refractivity contribution >= 4 is 16.6 Å². The molecular formula is C20H31NO4S. The average Bonchev–Trinajstić information content (AvgIpc) is 2.90. The largest absolute Gasteiger partial charge is 0.333 e. The Morgan fingerprint density at radius 3 is 2.62 bits per heavy atom. The first kappa shape index (κ1) is 18.6. The second-order valence-corrected chi connectivity index (χ2v) is 10.8. The number of hydrogen-bond acceptors (Lipinski definition) is 4. The predicted octanol–water partition coefficient (Wildman–Crippen LogP) is 3.35. The molecule has 6 heteroatoms. The van der Waals surface area contributed by atoms with Crippen molar-refractivity contribution in [3.63, 3.8) is 0 Å². The minimum absolute atomic E-state index is 0.141. The van der Waals surface area contributed by atoms with Gasteiger partial charge in [-0.3, -0.25) is 4.18 Å². The summed E-state index contributed by atoms with van der Waals surface area (Å²) in [7, 11) is -3.89. The molecule has 0 aromatic heterocycles.